The molecule has 9 nitrogen and oxygen atoms in total. The molecule has 0 spiro atoms. The molecule has 2 fully saturated rings. The quantitative estimate of drug-likeness (QED) is 0.732. The third-order valence-electron chi connectivity index (χ3n) is 6.84. The number of amides is 4. The highest BCUT2D eigenvalue weighted by atomic mass is 16.6. The summed E-state index contributed by atoms with van der Waals surface area (Å²) in [6.07, 6.45) is 0.623. The van der Waals surface area contributed by atoms with Crippen LogP contribution in [-0.2, 0) is 9.59 Å². The molecular weight excluding hydrogens is 448 g/mol. The Hall–Kier alpha value is -3.75. The van der Waals surface area contributed by atoms with Crippen molar-refractivity contribution in [2.45, 2.75) is 18.9 Å². The van der Waals surface area contributed by atoms with Gasteiger partial charge in [-0.25, -0.2) is 4.79 Å². The van der Waals surface area contributed by atoms with Crippen LogP contribution in [-0.4, -0.2) is 84.5 Å². The largest absolute Gasteiger partial charge is 0.485 e. The molecule has 3 aliphatic heterocycles. The fraction of sp³-hybridized carbons (Fsp3) is 0.423. The van der Waals surface area contributed by atoms with E-state index in [2.05, 4.69) is 5.32 Å². The summed E-state index contributed by atoms with van der Waals surface area (Å²) in [5, 5.41) is 2.90. The van der Waals surface area contributed by atoms with E-state index in [1.807, 2.05) is 53.4 Å². The molecule has 3 aliphatic rings. The third-order valence-corrected chi connectivity index (χ3v) is 6.84. The van der Waals surface area contributed by atoms with Crippen LogP contribution in [0, 0.1) is 5.92 Å². The lowest BCUT2D eigenvalue weighted by Crippen LogP contribution is -2.56. The van der Waals surface area contributed by atoms with Crippen LogP contribution in [0.2, 0.25) is 0 Å². The molecule has 9 heteroatoms. The van der Waals surface area contributed by atoms with Crippen LogP contribution in [0.4, 0.5) is 10.5 Å². The van der Waals surface area contributed by atoms with Gasteiger partial charge in [-0.3, -0.25) is 9.59 Å². The summed E-state index contributed by atoms with van der Waals surface area (Å²) in [5.41, 5.74) is 0.762. The average Bonchev–Trinajstić information content (AvgIpc) is 2.92. The molecule has 0 unspecified atom stereocenters. The smallest absolute Gasteiger partial charge is 0.321 e. The molecule has 0 saturated carbocycles. The summed E-state index contributed by atoms with van der Waals surface area (Å²) >= 11 is 0. The first-order chi connectivity index (χ1) is 17.1. The Kier molecular flexibility index (Phi) is 6.74. The van der Waals surface area contributed by atoms with Crippen molar-refractivity contribution >= 4 is 23.5 Å². The van der Waals surface area contributed by atoms with Crippen molar-refractivity contribution in [1.82, 2.24) is 14.7 Å². The van der Waals surface area contributed by atoms with Crippen molar-refractivity contribution in [3.63, 3.8) is 0 Å². The summed E-state index contributed by atoms with van der Waals surface area (Å²) in [7, 11) is 0. The fourth-order valence-corrected chi connectivity index (χ4v) is 4.80. The van der Waals surface area contributed by atoms with Gasteiger partial charge in [0.05, 0.1) is 0 Å². The van der Waals surface area contributed by atoms with Crippen LogP contribution in [0.3, 0.4) is 0 Å². The van der Waals surface area contributed by atoms with Crippen molar-refractivity contribution in [3.8, 4) is 11.5 Å². The van der Waals surface area contributed by atoms with Crippen LogP contribution in [0.5, 0.6) is 11.5 Å². The lowest BCUT2D eigenvalue weighted by molar-refractivity contribution is -0.148. The number of carbonyl (C=O) groups is 3. The number of hydrogen-bond donors (Lipinski definition) is 1. The molecule has 0 bridgehead atoms. The molecule has 1 N–H and O–H groups in total. The maximum Gasteiger partial charge on any atom is 0.321 e. The van der Waals surface area contributed by atoms with Crippen molar-refractivity contribution in [2.75, 3.05) is 51.2 Å². The molecule has 2 saturated heterocycles. The van der Waals surface area contributed by atoms with E-state index in [1.165, 1.54) is 0 Å². The van der Waals surface area contributed by atoms with Crippen molar-refractivity contribution in [1.29, 1.82) is 0 Å². The first kappa shape index (κ1) is 23.0. The summed E-state index contributed by atoms with van der Waals surface area (Å²) in [4.78, 5) is 43.9. The Morgan fingerprint density at radius 2 is 1.31 bits per heavy atom. The zero-order valence-corrected chi connectivity index (χ0v) is 19.6. The van der Waals surface area contributed by atoms with Gasteiger partial charge in [-0.2, -0.15) is 0 Å². The van der Waals surface area contributed by atoms with E-state index in [1.54, 1.807) is 15.9 Å². The first-order valence-corrected chi connectivity index (χ1v) is 12.2. The van der Waals surface area contributed by atoms with E-state index in [-0.39, 0.29) is 30.4 Å². The number of urea groups is 1. The second-order valence-corrected chi connectivity index (χ2v) is 9.07. The van der Waals surface area contributed by atoms with E-state index < -0.39 is 6.10 Å². The molecule has 35 heavy (non-hydrogen) atoms. The number of nitrogens with zero attached hydrogens (tertiary/aromatic N) is 3. The Bertz CT molecular complexity index is 1060. The highest BCUT2D eigenvalue weighted by molar-refractivity contribution is 5.89. The second kappa shape index (κ2) is 10.2. The van der Waals surface area contributed by atoms with Crippen LogP contribution < -0.4 is 14.8 Å². The number of rotatable bonds is 3. The monoisotopic (exact) mass is 478 g/mol. The number of likely N-dealkylation sites (tertiary alicyclic amines) is 1. The summed E-state index contributed by atoms with van der Waals surface area (Å²) in [6, 6.07) is 16.6. The van der Waals surface area contributed by atoms with Gasteiger partial charge in [0.2, 0.25) is 12.0 Å². The van der Waals surface area contributed by atoms with Gasteiger partial charge in [0.25, 0.3) is 5.91 Å². The summed E-state index contributed by atoms with van der Waals surface area (Å²) < 4.78 is 11.5. The zero-order chi connectivity index (χ0) is 24.2. The molecule has 2 aromatic carbocycles. The normalized spacial score (nSPS) is 20.3. The number of piperazine rings is 1. The Labute approximate surface area is 204 Å². The van der Waals surface area contributed by atoms with Gasteiger partial charge in [0.15, 0.2) is 11.5 Å². The number of benzene rings is 2. The maximum absolute atomic E-state index is 13.1. The topological polar surface area (TPSA) is 91.4 Å². The zero-order valence-electron chi connectivity index (χ0n) is 19.6. The molecule has 5 rings (SSSR count). The molecule has 0 aliphatic carbocycles. The number of fused-ring (bicyclic) bond motifs is 1. The van der Waals surface area contributed by atoms with Gasteiger partial charge in [0, 0.05) is 50.9 Å². The van der Waals surface area contributed by atoms with E-state index in [0.29, 0.717) is 63.6 Å². The fourth-order valence-electron chi connectivity index (χ4n) is 4.80. The molecule has 184 valence electrons. The molecular formula is C26H30N4O5. The minimum absolute atomic E-state index is 0.0930. The van der Waals surface area contributed by atoms with E-state index >= 15 is 0 Å². The predicted octanol–water partition coefficient (Wildman–Crippen LogP) is 2.44. The van der Waals surface area contributed by atoms with Gasteiger partial charge in [0.1, 0.15) is 6.61 Å². The summed E-state index contributed by atoms with van der Waals surface area (Å²) in [6.45, 7) is 3.25. The van der Waals surface area contributed by atoms with Crippen LogP contribution in [0.15, 0.2) is 54.6 Å². The highest BCUT2D eigenvalue weighted by Gasteiger charge is 2.35. The molecule has 4 amide bonds. The number of hydrogen-bond acceptors (Lipinski definition) is 5. The number of ether oxygens (including phenoxy) is 2. The minimum Gasteiger partial charge on any atom is -0.485 e. The SMILES string of the molecule is O=C(Nc1ccccc1)N1CCC(C(=O)N2CCN(C(=O)[C@@H]3COc4ccccc4O3)CC2)CC1. The second-order valence-electron chi connectivity index (χ2n) is 9.07. The average molecular weight is 479 g/mol. The van der Waals surface area contributed by atoms with Gasteiger partial charge < -0.3 is 29.5 Å². The molecule has 2 aromatic rings. The molecule has 0 aromatic heterocycles. The highest BCUT2D eigenvalue weighted by Crippen LogP contribution is 2.31. The third kappa shape index (κ3) is 5.18. The minimum atomic E-state index is -0.668. The number of nitrogens with one attached hydrogen (secondary N) is 1. The van der Waals surface area contributed by atoms with Gasteiger partial charge >= 0.3 is 6.03 Å². The maximum atomic E-state index is 13.1. The van der Waals surface area contributed by atoms with Gasteiger partial charge in [-0.05, 0) is 37.1 Å². The van der Waals surface area contributed by atoms with Crippen molar-refractivity contribution in [2.24, 2.45) is 5.92 Å². The lowest BCUT2D eigenvalue weighted by Gasteiger charge is -2.39. The first-order valence-electron chi connectivity index (χ1n) is 12.2. The van der Waals surface area contributed by atoms with Gasteiger partial charge in [-0.1, -0.05) is 30.3 Å². The Balaban J connectivity index is 1.07. The standard InChI is InChI=1S/C26H30N4O5/c31-24(19-10-12-30(13-11-19)26(33)27-20-6-2-1-3-7-20)28-14-16-29(17-15-28)25(32)23-18-34-21-8-4-5-9-22(21)35-23/h1-9,19,23H,10-18H2,(H,27,33)/t23-/m0/s1. The van der Waals surface area contributed by atoms with Crippen LogP contribution in [0.1, 0.15) is 12.8 Å². The lowest BCUT2D eigenvalue weighted by atomic mass is 9.95. The van der Waals surface area contributed by atoms with E-state index in [4.69, 9.17) is 9.47 Å². The molecule has 1 atom stereocenters. The van der Waals surface area contributed by atoms with E-state index in [9.17, 15) is 14.4 Å². The number of anilines is 1. The van der Waals surface area contributed by atoms with Crippen LogP contribution >= 0.6 is 0 Å². The van der Waals surface area contributed by atoms with Crippen LogP contribution in [0.25, 0.3) is 0 Å². The number of piperidine rings is 1. The predicted molar refractivity (Wildman–Crippen MR) is 129 cm³/mol. The number of carbonyl (C=O) groups excluding carboxylic acids is 3. The molecule has 3 heterocycles. The summed E-state index contributed by atoms with van der Waals surface area (Å²) in [5.74, 6) is 1.14. The molecule has 0 radical (unpaired) electrons. The van der Waals surface area contributed by atoms with Crippen molar-refractivity contribution in [3.05, 3.63) is 54.6 Å². The van der Waals surface area contributed by atoms with Gasteiger partial charge in [-0.15, -0.1) is 0 Å². The van der Waals surface area contributed by atoms with E-state index in [0.717, 1.165) is 5.69 Å². The Morgan fingerprint density at radius 3 is 2.00 bits per heavy atom. The number of para-hydroxylation sites is 3. The Morgan fingerprint density at radius 1 is 0.714 bits per heavy atom. The van der Waals surface area contributed by atoms with Crippen molar-refractivity contribution < 1.29 is 23.9 Å².